The van der Waals surface area contributed by atoms with Crippen molar-refractivity contribution in [3.05, 3.63) is 42.5 Å². The molecule has 3 aromatic rings. The van der Waals surface area contributed by atoms with Gasteiger partial charge in [0.15, 0.2) is 0 Å². The van der Waals surface area contributed by atoms with Crippen molar-refractivity contribution < 1.29 is 4.74 Å². The molecule has 0 unspecified atom stereocenters. The van der Waals surface area contributed by atoms with Crippen molar-refractivity contribution in [2.24, 2.45) is 0 Å². The number of aromatic amines is 1. The van der Waals surface area contributed by atoms with E-state index in [0.717, 1.165) is 24.4 Å². The van der Waals surface area contributed by atoms with Gasteiger partial charge in [0.2, 0.25) is 0 Å². The number of para-hydroxylation sites is 2. The highest BCUT2D eigenvalue weighted by Crippen LogP contribution is 2.31. The zero-order valence-corrected chi connectivity index (χ0v) is 12.8. The van der Waals surface area contributed by atoms with Crippen LogP contribution in [0, 0.1) is 0 Å². The van der Waals surface area contributed by atoms with Crippen LogP contribution in [-0.2, 0) is 0 Å². The van der Waals surface area contributed by atoms with Gasteiger partial charge in [-0.2, -0.15) is 0 Å². The molecule has 0 aliphatic carbocycles. The largest absolute Gasteiger partial charge is 0.490 e. The third kappa shape index (κ3) is 2.57. The number of hydrogen-bond acceptors (Lipinski definition) is 2. The minimum absolute atomic E-state index is 0.758. The van der Waals surface area contributed by atoms with Gasteiger partial charge >= 0.3 is 0 Å². The lowest BCUT2D eigenvalue weighted by Crippen LogP contribution is -2.33. The number of aromatic nitrogens is 1. The lowest BCUT2D eigenvalue weighted by molar-refractivity contribution is 0.184. The maximum Gasteiger partial charge on any atom is 0.143 e. The molecule has 1 aliphatic rings. The van der Waals surface area contributed by atoms with Gasteiger partial charge in [-0.15, -0.1) is 0 Å². The molecule has 0 saturated carbocycles. The Morgan fingerprint density at radius 2 is 1.73 bits per heavy atom. The molecular formula is C19H22N2O. The van der Waals surface area contributed by atoms with Crippen LogP contribution in [0.25, 0.3) is 21.8 Å². The molecule has 1 saturated heterocycles. The van der Waals surface area contributed by atoms with Gasteiger partial charge in [-0.25, -0.2) is 0 Å². The molecule has 0 spiro atoms. The number of piperidine rings is 1. The number of ether oxygens (including phenoxy) is 1. The third-order valence-corrected chi connectivity index (χ3v) is 4.62. The average molecular weight is 294 g/mol. The van der Waals surface area contributed by atoms with Crippen molar-refractivity contribution in [3.63, 3.8) is 0 Å². The predicted octanol–water partition coefficient (Wildman–Crippen LogP) is 4.19. The molecular weight excluding hydrogens is 272 g/mol. The van der Waals surface area contributed by atoms with E-state index in [-0.39, 0.29) is 0 Å². The lowest BCUT2D eigenvalue weighted by atomic mass is 10.1. The van der Waals surface area contributed by atoms with Gasteiger partial charge in [0.1, 0.15) is 12.4 Å². The number of rotatable bonds is 4. The summed E-state index contributed by atoms with van der Waals surface area (Å²) in [7, 11) is 0. The van der Waals surface area contributed by atoms with E-state index >= 15 is 0 Å². The number of nitrogens with zero attached hydrogens (tertiary/aromatic N) is 1. The van der Waals surface area contributed by atoms with Crippen molar-refractivity contribution >= 4 is 21.8 Å². The normalized spacial score (nSPS) is 16.4. The average Bonchev–Trinajstić information content (AvgIpc) is 2.96. The molecule has 22 heavy (non-hydrogen) atoms. The zero-order valence-electron chi connectivity index (χ0n) is 12.8. The smallest absolute Gasteiger partial charge is 0.143 e. The molecule has 4 rings (SSSR count). The SMILES string of the molecule is c1ccc2c(c1)[nH]c1c(OCCN3CCCCC3)cccc12. The Hall–Kier alpha value is -2.00. The summed E-state index contributed by atoms with van der Waals surface area (Å²) in [6.07, 6.45) is 4.04. The highest BCUT2D eigenvalue weighted by molar-refractivity contribution is 6.09. The standard InChI is InChI=1S/C19H22N2O/c1-4-11-21(12-5-1)13-14-22-18-10-6-8-16-15-7-2-3-9-17(15)20-19(16)18/h2-3,6-10,20H,1,4-5,11-14H2. The van der Waals surface area contributed by atoms with Gasteiger partial charge in [0.05, 0.1) is 5.52 Å². The van der Waals surface area contributed by atoms with Crippen molar-refractivity contribution in [2.75, 3.05) is 26.2 Å². The fourth-order valence-electron chi connectivity index (χ4n) is 3.43. The Kier molecular flexibility index (Phi) is 3.73. The summed E-state index contributed by atoms with van der Waals surface area (Å²) in [5.41, 5.74) is 2.28. The Bertz CT molecular complexity index is 771. The molecule has 114 valence electrons. The molecule has 0 atom stereocenters. The maximum absolute atomic E-state index is 6.08. The van der Waals surface area contributed by atoms with E-state index in [1.165, 1.54) is 48.6 Å². The van der Waals surface area contributed by atoms with Gasteiger partial charge < -0.3 is 9.72 Å². The van der Waals surface area contributed by atoms with Crippen molar-refractivity contribution in [1.82, 2.24) is 9.88 Å². The van der Waals surface area contributed by atoms with E-state index in [2.05, 4.69) is 52.3 Å². The molecule has 1 aromatic heterocycles. The van der Waals surface area contributed by atoms with E-state index in [0.29, 0.717) is 0 Å². The van der Waals surface area contributed by atoms with Crippen LogP contribution >= 0.6 is 0 Å². The fraction of sp³-hybridized carbons (Fsp3) is 0.368. The highest BCUT2D eigenvalue weighted by atomic mass is 16.5. The second-order valence-corrected chi connectivity index (χ2v) is 6.10. The van der Waals surface area contributed by atoms with Crippen LogP contribution in [0.15, 0.2) is 42.5 Å². The minimum atomic E-state index is 0.758. The first-order valence-electron chi connectivity index (χ1n) is 8.26. The topological polar surface area (TPSA) is 28.3 Å². The molecule has 3 heteroatoms. The Morgan fingerprint density at radius 3 is 2.64 bits per heavy atom. The number of H-pyrrole nitrogens is 1. The van der Waals surface area contributed by atoms with Gasteiger partial charge in [-0.05, 0) is 38.1 Å². The van der Waals surface area contributed by atoms with Crippen LogP contribution in [0.2, 0.25) is 0 Å². The maximum atomic E-state index is 6.08. The van der Waals surface area contributed by atoms with Gasteiger partial charge in [0.25, 0.3) is 0 Å². The van der Waals surface area contributed by atoms with Crippen LogP contribution in [0.5, 0.6) is 5.75 Å². The first-order valence-corrected chi connectivity index (χ1v) is 8.26. The monoisotopic (exact) mass is 294 g/mol. The number of hydrogen-bond donors (Lipinski definition) is 1. The number of likely N-dealkylation sites (tertiary alicyclic amines) is 1. The van der Waals surface area contributed by atoms with E-state index < -0.39 is 0 Å². The van der Waals surface area contributed by atoms with Gasteiger partial charge in [0, 0.05) is 22.8 Å². The quantitative estimate of drug-likeness (QED) is 0.781. The summed E-state index contributed by atoms with van der Waals surface area (Å²) in [6.45, 7) is 4.23. The van der Waals surface area contributed by atoms with Crippen molar-refractivity contribution in [1.29, 1.82) is 0 Å². The summed E-state index contributed by atoms with van der Waals surface area (Å²) in [5.74, 6) is 0.964. The first-order chi connectivity index (χ1) is 10.9. The second-order valence-electron chi connectivity index (χ2n) is 6.10. The van der Waals surface area contributed by atoms with Crippen LogP contribution in [0.4, 0.5) is 0 Å². The summed E-state index contributed by atoms with van der Waals surface area (Å²) in [5, 5.41) is 2.50. The van der Waals surface area contributed by atoms with Gasteiger partial charge in [-0.1, -0.05) is 36.8 Å². The van der Waals surface area contributed by atoms with Crippen LogP contribution in [0.3, 0.4) is 0 Å². The molecule has 1 aliphatic heterocycles. The van der Waals surface area contributed by atoms with Crippen LogP contribution < -0.4 is 4.74 Å². The molecule has 1 N–H and O–H groups in total. The summed E-state index contributed by atoms with van der Waals surface area (Å²) in [4.78, 5) is 6.01. The second kappa shape index (κ2) is 6.01. The third-order valence-electron chi connectivity index (χ3n) is 4.62. The number of nitrogens with one attached hydrogen (secondary N) is 1. The van der Waals surface area contributed by atoms with Crippen molar-refractivity contribution in [3.8, 4) is 5.75 Å². The van der Waals surface area contributed by atoms with Crippen molar-refractivity contribution in [2.45, 2.75) is 19.3 Å². The number of fused-ring (bicyclic) bond motifs is 3. The predicted molar refractivity (Wildman–Crippen MR) is 91.6 cm³/mol. The minimum Gasteiger partial charge on any atom is -0.490 e. The van der Waals surface area contributed by atoms with Crippen LogP contribution in [-0.4, -0.2) is 36.1 Å². The van der Waals surface area contributed by atoms with E-state index in [1.54, 1.807) is 0 Å². The Balaban J connectivity index is 1.53. The van der Waals surface area contributed by atoms with Crippen LogP contribution in [0.1, 0.15) is 19.3 Å². The molecule has 2 heterocycles. The lowest BCUT2D eigenvalue weighted by Gasteiger charge is -2.26. The molecule has 0 radical (unpaired) electrons. The summed E-state index contributed by atoms with van der Waals surface area (Å²) >= 11 is 0. The molecule has 2 aromatic carbocycles. The fourth-order valence-corrected chi connectivity index (χ4v) is 3.43. The van der Waals surface area contributed by atoms with Gasteiger partial charge in [-0.3, -0.25) is 4.90 Å². The Morgan fingerprint density at radius 1 is 0.909 bits per heavy atom. The molecule has 3 nitrogen and oxygen atoms in total. The van der Waals surface area contributed by atoms with E-state index in [9.17, 15) is 0 Å². The Labute approximate surface area is 130 Å². The summed E-state index contributed by atoms with van der Waals surface area (Å²) in [6, 6.07) is 14.7. The molecule has 0 amide bonds. The highest BCUT2D eigenvalue weighted by Gasteiger charge is 2.11. The van der Waals surface area contributed by atoms with E-state index in [1.807, 2.05) is 0 Å². The molecule has 0 bridgehead atoms. The molecule has 1 fully saturated rings. The van der Waals surface area contributed by atoms with E-state index in [4.69, 9.17) is 4.74 Å². The number of benzene rings is 2. The zero-order chi connectivity index (χ0) is 14.8. The summed E-state index contributed by atoms with van der Waals surface area (Å²) < 4.78 is 6.08. The first kappa shape index (κ1) is 13.6.